The van der Waals surface area contributed by atoms with Crippen LogP contribution in [0.15, 0.2) is 18.2 Å². The minimum absolute atomic E-state index is 0.0483. The zero-order chi connectivity index (χ0) is 13.4. The molecule has 1 rings (SSSR count). The molecule has 0 radical (unpaired) electrons. The lowest BCUT2D eigenvalue weighted by molar-refractivity contribution is 0.0306. The maximum Gasteiger partial charge on any atom is 0.146 e. The van der Waals surface area contributed by atoms with Gasteiger partial charge in [0.25, 0.3) is 0 Å². The summed E-state index contributed by atoms with van der Waals surface area (Å²) in [7, 11) is 0. The number of hydrogen-bond donors (Lipinski definition) is 0. The smallest absolute Gasteiger partial charge is 0.146 e. The number of halogens is 1. The lowest BCUT2D eigenvalue weighted by Crippen LogP contribution is -2.09. The zero-order valence-electron chi connectivity index (χ0n) is 10.8. The molecule has 1 aromatic carbocycles. The van der Waals surface area contributed by atoms with E-state index in [1.807, 2.05) is 0 Å². The van der Waals surface area contributed by atoms with Crippen LogP contribution in [0.5, 0.6) is 0 Å². The van der Waals surface area contributed by atoms with Gasteiger partial charge in [0.1, 0.15) is 11.9 Å². The van der Waals surface area contributed by atoms with Crippen LogP contribution >= 0.6 is 0 Å². The summed E-state index contributed by atoms with van der Waals surface area (Å²) in [5, 5.41) is 8.69. The fraction of sp³-hybridized carbons (Fsp3) is 0.500. The molecule has 3 nitrogen and oxygen atoms in total. The molecule has 18 heavy (non-hydrogen) atoms. The van der Waals surface area contributed by atoms with Crippen LogP contribution in [0.1, 0.15) is 25.0 Å². The van der Waals surface area contributed by atoms with Gasteiger partial charge < -0.3 is 9.47 Å². The highest BCUT2D eigenvalue weighted by Gasteiger charge is 2.07. The Kier molecular flexibility index (Phi) is 6.34. The first-order valence-corrected chi connectivity index (χ1v) is 5.98. The summed E-state index contributed by atoms with van der Waals surface area (Å²) in [5.74, 6) is -0.00199. The fourth-order valence-corrected chi connectivity index (χ4v) is 1.40. The largest absolute Gasteiger partial charge is 0.379 e. The summed E-state index contributed by atoms with van der Waals surface area (Å²) in [4.78, 5) is 0. The fourth-order valence-electron chi connectivity index (χ4n) is 1.40. The monoisotopic (exact) mass is 251 g/mol. The van der Waals surface area contributed by atoms with Crippen LogP contribution in [0.3, 0.4) is 0 Å². The van der Waals surface area contributed by atoms with E-state index in [9.17, 15) is 4.39 Å². The third-order valence-electron chi connectivity index (χ3n) is 2.28. The number of rotatable bonds is 7. The normalized spacial score (nSPS) is 10.6. The van der Waals surface area contributed by atoms with Crippen LogP contribution in [0.4, 0.5) is 4.39 Å². The molecule has 0 N–H and O–H groups in total. The topological polar surface area (TPSA) is 42.2 Å². The van der Waals surface area contributed by atoms with Crippen molar-refractivity contribution in [1.29, 1.82) is 5.26 Å². The van der Waals surface area contributed by atoms with Gasteiger partial charge in [-0.2, -0.15) is 5.26 Å². The van der Waals surface area contributed by atoms with Crippen molar-refractivity contribution in [1.82, 2.24) is 0 Å². The first kappa shape index (κ1) is 14.6. The third-order valence-corrected chi connectivity index (χ3v) is 2.28. The minimum atomic E-state index is -0.497. The predicted octanol–water partition coefficient (Wildman–Crippen LogP) is 2.89. The molecule has 0 aliphatic heterocycles. The van der Waals surface area contributed by atoms with E-state index in [0.29, 0.717) is 31.3 Å². The first-order valence-electron chi connectivity index (χ1n) is 5.98. The summed E-state index contributed by atoms with van der Waals surface area (Å²) in [6.45, 7) is 5.92. The second kappa shape index (κ2) is 7.80. The van der Waals surface area contributed by atoms with Crippen molar-refractivity contribution in [2.24, 2.45) is 5.92 Å². The van der Waals surface area contributed by atoms with Gasteiger partial charge in [-0.05, 0) is 12.0 Å². The number of hydrogen-bond acceptors (Lipinski definition) is 3. The zero-order valence-corrected chi connectivity index (χ0v) is 10.8. The highest BCUT2D eigenvalue weighted by atomic mass is 19.1. The van der Waals surface area contributed by atoms with Crippen LogP contribution in [-0.4, -0.2) is 19.8 Å². The third kappa shape index (κ3) is 4.82. The molecule has 0 amide bonds. The Morgan fingerprint density at radius 2 is 2.00 bits per heavy atom. The molecule has 0 heterocycles. The van der Waals surface area contributed by atoms with Gasteiger partial charge in [0, 0.05) is 12.2 Å². The molecule has 0 aliphatic carbocycles. The van der Waals surface area contributed by atoms with Crippen molar-refractivity contribution in [2.75, 3.05) is 19.8 Å². The van der Waals surface area contributed by atoms with Gasteiger partial charge in [0.15, 0.2) is 0 Å². The van der Waals surface area contributed by atoms with E-state index >= 15 is 0 Å². The molecule has 4 heteroatoms. The van der Waals surface area contributed by atoms with Crippen LogP contribution in [-0.2, 0) is 16.1 Å². The molecule has 0 aliphatic rings. The van der Waals surface area contributed by atoms with Crippen molar-refractivity contribution in [2.45, 2.75) is 20.5 Å². The molecule has 0 atom stereocenters. The van der Waals surface area contributed by atoms with Crippen LogP contribution in [0, 0.1) is 23.1 Å². The standard InChI is InChI=1S/C14H18FNO2/c1-11(2)9-17-6-7-18-10-13-5-3-4-12(8-16)14(13)15/h3-5,11H,6-7,9-10H2,1-2H3. The quantitative estimate of drug-likeness (QED) is 0.700. The van der Waals surface area contributed by atoms with Crippen molar-refractivity contribution >= 4 is 0 Å². The Balaban J connectivity index is 2.30. The maximum absolute atomic E-state index is 13.6. The molecule has 0 saturated carbocycles. The van der Waals surface area contributed by atoms with Crippen molar-refractivity contribution in [3.05, 3.63) is 35.1 Å². The maximum atomic E-state index is 13.6. The lowest BCUT2D eigenvalue weighted by atomic mass is 10.1. The highest BCUT2D eigenvalue weighted by Crippen LogP contribution is 2.12. The van der Waals surface area contributed by atoms with E-state index in [1.54, 1.807) is 18.2 Å². The van der Waals surface area contributed by atoms with Gasteiger partial charge in [-0.15, -0.1) is 0 Å². The summed E-state index contributed by atoms with van der Waals surface area (Å²) in [6.07, 6.45) is 0. The first-order chi connectivity index (χ1) is 8.65. The SMILES string of the molecule is CC(C)COCCOCc1cccc(C#N)c1F. The van der Waals surface area contributed by atoms with Crippen LogP contribution < -0.4 is 0 Å². The van der Waals surface area contributed by atoms with Crippen molar-refractivity contribution in [3.8, 4) is 6.07 Å². The number of nitrogens with zero attached hydrogens (tertiary/aromatic N) is 1. The Hall–Kier alpha value is -1.44. The lowest BCUT2D eigenvalue weighted by Gasteiger charge is -2.08. The molecule has 1 aromatic rings. The molecule has 0 fully saturated rings. The van der Waals surface area contributed by atoms with E-state index in [2.05, 4.69) is 13.8 Å². The minimum Gasteiger partial charge on any atom is -0.379 e. The highest BCUT2D eigenvalue weighted by molar-refractivity contribution is 5.34. The molecule has 0 aromatic heterocycles. The number of ether oxygens (including phenoxy) is 2. The molecular formula is C14H18FNO2. The second-order valence-corrected chi connectivity index (χ2v) is 4.41. The summed E-state index contributed by atoms with van der Waals surface area (Å²) < 4.78 is 24.3. The van der Waals surface area contributed by atoms with E-state index < -0.39 is 5.82 Å². The molecular weight excluding hydrogens is 233 g/mol. The molecule has 0 bridgehead atoms. The number of benzene rings is 1. The van der Waals surface area contributed by atoms with E-state index in [1.165, 1.54) is 6.07 Å². The van der Waals surface area contributed by atoms with E-state index in [4.69, 9.17) is 14.7 Å². The van der Waals surface area contributed by atoms with Gasteiger partial charge in [-0.25, -0.2) is 4.39 Å². The van der Waals surface area contributed by atoms with Crippen molar-refractivity contribution < 1.29 is 13.9 Å². The van der Waals surface area contributed by atoms with Crippen LogP contribution in [0.2, 0.25) is 0 Å². The Bertz CT molecular complexity index is 413. The average Bonchev–Trinajstić information content (AvgIpc) is 2.35. The van der Waals surface area contributed by atoms with Gasteiger partial charge in [0.05, 0.1) is 25.4 Å². The summed E-state index contributed by atoms with van der Waals surface area (Å²) >= 11 is 0. The summed E-state index contributed by atoms with van der Waals surface area (Å²) in [6, 6.07) is 6.52. The van der Waals surface area contributed by atoms with Gasteiger partial charge in [-0.3, -0.25) is 0 Å². The van der Waals surface area contributed by atoms with Gasteiger partial charge in [-0.1, -0.05) is 26.0 Å². The van der Waals surface area contributed by atoms with Crippen molar-refractivity contribution in [3.63, 3.8) is 0 Å². The second-order valence-electron chi connectivity index (χ2n) is 4.41. The Morgan fingerprint density at radius 1 is 1.28 bits per heavy atom. The van der Waals surface area contributed by atoms with E-state index in [-0.39, 0.29) is 12.2 Å². The average molecular weight is 251 g/mol. The molecule has 0 spiro atoms. The van der Waals surface area contributed by atoms with Crippen LogP contribution in [0.25, 0.3) is 0 Å². The predicted molar refractivity (Wildman–Crippen MR) is 66.4 cm³/mol. The molecule has 0 unspecified atom stereocenters. The van der Waals surface area contributed by atoms with E-state index in [0.717, 1.165) is 0 Å². The van der Waals surface area contributed by atoms with Gasteiger partial charge >= 0.3 is 0 Å². The van der Waals surface area contributed by atoms with Gasteiger partial charge in [0.2, 0.25) is 0 Å². The molecule has 98 valence electrons. The number of nitriles is 1. The molecule has 0 saturated heterocycles. The summed E-state index contributed by atoms with van der Waals surface area (Å²) in [5.41, 5.74) is 0.449. The Morgan fingerprint density at radius 3 is 2.67 bits per heavy atom. The Labute approximate surface area is 107 Å².